The minimum atomic E-state index is -0.344. The molecular formula is C12H15ClN4OS. The Labute approximate surface area is 121 Å². The van der Waals surface area contributed by atoms with Crippen molar-refractivity contribution in [1.29, 1.82) is 0 Å². The predicted molar refractivity (Wildman–Crippen MR) is 75.1 cm³/mol. The van der Waals surface area contributed by atoms with Crippen molar-refractivity contribution < 1.29 is 4.52 Å². The molecule has 5 nitrogen and oxygen atoms in total. The molecule has 3 rings (SSSR count). The molecule has 0 bridgehead atoms. The highest BCUT2D eigenvalue weighted by Crippen LogP contribution is 2.37. The number of thioether (sulfide) groups is 1. The summed E-state index contributed by atoms with van der Waals surface area (Å²) in [6, 6.07) is 3.91. The molecule has 2 N–H and O–H groups in total. The molecule has 19 heavy (non-hydrogen) atoms. The van der Waals surface area contributed by atoms with E-state index < -0.39 is 0 Å². The zero-order valence-electron chi connectivity index (χ0n) is 10.3. The Morgan fingerprint density at radius 3 is 2.68 bits per heavy atom. The van der Waals surface area contributed by atoms with Gasteiger partial charge in [0, 0.05) is 17.3 Å². The summed E-state index contributed by atoms with van der Waals surface area (Å²) in [5.41, 5.74) is 5.80. The van der Waals surface area contributed by atoms with Crippen LogP contribution in [0.5, 0.6) is 0 Å². The van der Waals surface area contributed by atoms with Crippen LogP contribution < -0.4 is 5.73 Å². The molecule has 2 aromatic rings. The van der Waals surface area contributed by atoms with Crippen molar-refractivity contribution in [2.75, 3.05) is 0 Å². The molecule has 2 heterocycles. The van der Waals surface area contributed by atoms with Gasteiger partial charge in [-0.1, -0.05) is 5.16 Å². The Bertz CT molecular complexity index is 530. The van der Waals surface area contributed by atoms with Gasteiger partial charge < -0.3 is 10.3 Å². The topological polar surface area (TPSA) is 77.8 Å². The van der Waals surface area contributed by atoms with Gasteiger partial charge in [0.1, 0.15) is 0 Å². The standard InChI is InChI=1S/C12H14N4OS.ClH/c13-12(4-1-5-12)11-15-10(17-16-11)8-18-9-2-6-14-7-3-9;/h2-3,6-7H,1,4-5,8,13H2;1H. The van der Waals surface area contributed by atoms with Gasteiger partial charge in [-0.05, 0) is 31.4 Å². The van der Waals surface area contributed by atoms with E-state index in [1.807, 2.05) is 12.1 Å². The minimum Gasteiger partial charge on any atom is -0.338 e. The van der Waals surface area contributed by atoms with Crippen molar-refractivity contribution in [2.45, 2.75) is 35.4 Å². The van der Waals surface area contributed by atoms with Crippen LogP contribution in [-0.4, -0.2) is 15.1 Å². The first-order valence-corrected chi connectivity index (χ1v) is 6.90. The van der Waals surface area contributed by atoms with Gasteiger partial charge in [-0.2, -0.15) is 4.98 Å². The van der Waals surface area contributed by atoms with E-state index >= 15 is 0 Å². The van der Waals surface area contributed by atoms with E-state index in [4.69, 9.17) is 10.3 Å². The smallest absolute Gasteiger partial charge is 0.237 e. The zero-order chi connectivity index (χ0) is 12.4. The van der Waals surface area contributed by atoms with Crippen molar-refractivity contribution in [3.05, 3.63) is 36.2 Å². The van der Waals surface area contributed by atoms with E-state index in [0.29, 0.717) is 17.5 Å². The molecule has 0 aromatic carbocycles. The molecule has 1 fully saturated rings. The number of hydrogen-bond donors (Lipinski definition) is 1. The third-order valence-corrected chi connectivity index (χ3v) is 4.17. The highest BCUT2D eigenvalue weighted by molar-refractivity contribution is 7.98. The Hall–Kier alpha value is -1.11. The summed E-state index contributed by atoms with van der Waals surface area (Å²) < 4.78 is 5.23. The first-order valence-electron chi connectivity index (χ1n) is 5.91. The van der Waals surface area contributed by atoms with Gasteiger partial charge in [0.2, 0.25) is 5.89 Å². The third kappa shape index (κ3) is 3.08. The highest BCUT2D eigenvalue weighted by atomic mass is 35.5. The van der Waals surface area contributed by atoms with Crippen molar-refractivity contribution in [1.82, 2.24) is 15.1 Å². The number of rotatable bonds is 4. The van der Waals surface area contributed by atoms with Crippen LogP contribution in [0.3, 0.4) is 0 Å². The second-order valence-electron chi connectivity index (χ2n) is 4.49. The van der Waals surface area contributed by atoms with Gasteiger partial charge >= 0.3 is 0 Å². The lowest BCUT2D eigenvalue weighted by Crippen LogP contribution is -2.44. The van der Waals surface area contributed by atoms with Crippen LogP contribution in [-0.2, 0) is 11.3 Å². The molecule has 0 spiro atoms. The quantitative estimate of drug-likeness (QED) is 0.874. The van der Waals surface area contributed by atoms with Gasteiger partial charge in [-0.15, -0.1) is 24.2 Å². The van der Waals surface area contributed by atoms with E-state index in [9.17, 15) is 0 Å². The summed E-state index contributed by atoms with van der Waals surface area (Å²) in [6.45, 7) is 0. The number of aromatic nitrogens is 3. The predicted octanol–water partition coefficient (Wildman–Crippen LogP) is 2.52. The average molecular weight is 299 g/mol. The fourth-order valence-electron chi connectivity index (χ4n) is 1.88. The Kier molecular flexibility index (Phi) is 4.44. The number of pyridine rings is 1. The van der Waals surface area contributed by atoms with E-state index in [0.717, 1.165) is 24.2 Å². The zero-order valence-corrected chi connectivity index (χ0v) is 11.9. The molecule has 0 unspecified atom stereocenters. The lowest BCUT2D eigenvalue weighted by atomic mass is 9.77. The molecule has 102 valence electrons. The largest absolute Gasteiger partial charge is 0.338 e. The van der Waals surface area contributed by atoms with Crippen LogP contribution in [0.15, 0.2) is 33.9 Å². The van der Waals surface area contributed by atoms with E-state index in [1.165, 1.54) is 0 Å². The van der Waals surface area contributed by atoms with Gasteiger partial charge in [0.15, 0.2) is 5.82 Å². The van der Waals surface area contributed by atoms with E-state index in [-0.39, 0.29) is 17.9 Å². The monoisotopic (exact) mass is 298 g/mol. The maximum absolute atomic E-state index is 6.14. The Balaban J connectivity index is 0.00000133. The molecule has 0 atom stereocenters. The number of nitrogens with two attached hydrogens (primary N) is 1. The van der Waals surface area contributed by atoms with Crippen LogP contribution in [0.1, 0.15) is 31.0 Å². The summed E-state index contributed by atoms with van der Waals surface area (Å²) in [7, 11) is 0. The molecule has 1 aliphatic rings. The maximum Gasteiger partial charge on any atom is 0.237 e. The van der Waals surface area contributed by atoms with Gasteiger partial charge in [0.05, 0.1) is 11.3 Å². The summed E-state index contributed by atoms with van der Waals surface area (Å²) in [4.78, 5) is 9.49. The van der Waals surface area contributed by atoms with Crippen molar-refractivity contribution in [2.24, 2.45) is 5.73 Å². The van der Waals surface area contributed by atoms with Crippen molar-refractivity contribution in [3.8, 4) is 0 Å². The first-order chi connectivity index (χ1) is 8.76. The van der Waals surface area contributed by atoms with E-state index in [2.05, 4.69) is 15.1 Å². The number of hydrogen-bond acceptors (Lipinski definition) is 6. The molecule has 0 aliphatic heterocycles. The fraction of sp³-hybridized carbons (Fsp3) is 0.417. The third-order valence-electron chi connectivity index (χ3n) is 3.17. The van der Waals surface area contributed by atoms with Crippen LogP contribution in [0, 0.1) is 0 Å². The van der Waals surface area contributed by atoms with Crippen LogP contribution in [0.4, 0.5) is 0 Å². The van der Waals surface area contributed by atoms with Gasteiger partial charge in [-0.25, -0.2) is 0 Å². The normalized spacial score (nSPS) is 16.5. The Morgan fingerprint density at radius 1 is 1.32 bits per heavy atom. The molecule has 0 amide bonds. The fourth-order valence-corrected chi connectivity index (χ4v) is 2.60. The second-order valence-corrected chi connectivity index (χ2v) is 5.54. The summed E-state index contributed by atoms with van der Waals surface area (Å²) >= 11 is 1.65. The first kappa shape index (κ1) is 14.3. The van der Waals surface area contributed by atoms with E-state index in [1.54, 1.807) is 24.2 Å². The summed E-state index contributed by atoms with van der Waals surface area (Å²) in [5.74, 6) is 1.94. The molecular weight excluding hydrogens is 284 g/mol. The van der Waals surface area contributed by atoms with Crippen molar-refractivity contribution >= 4 is 24.2 Å². The van der Waals surface area contributed by atoms with Crippen LogP contribution >= 0.6 is 24.2 Å². The summed E-state index contributed by atoms with van der Waals surface area (Å²) in [5, 5.41) is 3.99. The number of halogens is 1. The second kappa shape index (κ2) is 5.90. The molecule has 0 radical (unpaired) electrons. The molecule has 0 saturated heterocycles. The maximum atomic E-state index is 6.14. The molecule has 1 aliphatic carbocycles. The lowest BCUT2D eigenvalue weighted by molar-refractivity contribution is 0.229. The van der Waals surface area contributed by atoms with Crippen LogP contribution in [0.25, 0.3) is 0 Å². The van der Waals surface area contributed by atoms with Crippen molar-refractivity contribution in [3.63, 3.8) is 0 Å². The lowest BCUT2D eigenvalue weighted by Gasteiger charge is -2.34. The molecule has 7 heteroatoms. The summed E-state index contributed by atoms with van der Waals surface area (Å²) in [6.07, 6.45) is 6.58. The SMILES string of the molecule is Cl.NC1(c2noc(CSc3ccncc3)n2)CCC1. The highest BCUT2D eigenvalue weighted by Gasteiger charge is 2.38. The average Bonchev–Trinajstić information content (AvgIpc) is 2.84. The minimum absolute atomic E-state index is 0. The Morgan fingerprint density at radius 2 is 2.05 bits per heavy atom. The molecule has 2 aromatic heterocycles. The number of nitrogens with zero attached hydrogens (tertiary/aromatic N) is 3. The van der Waals surface area contributed by atoms with Gasteiger partial charge in [0.25, 0.3) is 0 Å². The van der Waals surface area contributed by atoms with Crippen LogP contribution in [0.2, 0.25) is 0 Å². The van der Waals surface area contributed by atoms with Gasteiger partial charge in [-0.3, -0.25) is 4.98 Å². The molecule has 1 saturated carbocycles.